The van der Waals surface area contributed by atoms with Crippen molar-refractivity contribution in [3.63, 3.8) is 0 Å². The highest BCUT2D eigenvalue weighted by Gasteiger charge is 2.55. The molecule has 3 aliphatic rings. The van der Waals surface area contributed by atoms with Crippen molar-refractivity contribution in [2.75, 3.05) is 18.4 Å². The molecule has 2 aliphatic heterocycles. The van der Waals surface area contributed by atoms with Gasteiger partial charge in [-0.2, -0.15) is 0 Å². The Labute approximate surface area is 116 Å². The van der Waals surface area contributed by atoms with Gasteiger partial charge in [0.2, 0.25) is 5.91 Å². The summed E-state index contributed by atoms with van der Waals surface area (Å²) in [6, 6.07) is 1.84. The molecule has 1 aromatic heterocycles. The van der Waals surface area contributed by atoms with Gasteiger partial charge in [-0.15, -0.1) is 0 Å². The predicted octanol–water partition coefficient (Wildman–Crippen LogP) is 0.263. The molecule has 0 spiro atoms. The lowest BCUT2D eigenvalue weighted by Gasteiger charge is -2.42. The zero-order valence-electron chi connectivity index (χ0n) is 11.0. The van der Waals surface area contributed by atoms with E-state index >= 15 is 0 Å². The van der Waals surface area contributed by atoms with Gasteiger partial charge < -0.3 is 16.0 Å². The minimum absolute atomic E-state index is 0.0813. The van der Waals surface area contributed by atoms with Crippen LogP contribution in [0.5, 0.6) is 0 Å². The van der Waals surface area contributed by atoms with Gasteiger partial charge in [-0.1, -0.05) is 0 Å². The summed E-state index contributed by atoms with van der Waals surface area (Å²) in [4.78, 5) is 28.1. The SMILES string of the molecule is O=C1NCc2cc(NC(=O)[C@]34CC[C@H]3CNC4)cnc21. The van der Waals surface area contributed by atoms with E-state index in [4.69, 9.17) is 0 Å². The van der Waals surface area contributed by atoms with E-state index in [2.05, 4.69) is 20.9 Å². The smallest absolute Gasteiger partial charge is 0.270 e. The van der Waals surface area contributed by atoms with Crippen LogP contribution >= 0.6 is 0 Å². The normalized spacial score (nSPS) is 30.2. The van der Waals surface area contributed by atoms with Crippen LogP contribution in [0.15, 0.2) is 12.3 Å². The number of hydrogen-bond donors (Lipinski definition) is 3. The van der Waals surface area contributed by atoms with Crippen LogP contribution in [-0.2, 0) is 11.3 Å². The third-order valence-corrected chi connectivity index (χ3v) is 4.88. The van der Waals surface area contributed by atoms with Crippen LogP contribution in [0.2, 0.25) is 0 Å². The lowest BCUT2D eigenvalue weighted by Crippen LogP contribution is -2.49. The fourth-order valence-electron chi connectivity index (χ4n) is 3.51. The van der Waals surface area contributed by atoms with E-state index in [1.807, 2.05) is 6.07 Å². The number of pyridine rings is 1. The second-order valence-corrected chi connectivity index (χ2v) is 5.89. The summed E-state index contributed by atoms with van der Waals surface area (Å²) in [7, 11) is 0. The summed E-state index contributed by atoms with van der Waals surface area (Å²) in [5.74, 6) is 0.404. The van der Waals surface area contributed by atoms with E-state index < -0.39 is 0 Å². The summed E-state index contributed by atoms with van der Waals surface area (Å²) in [5, 5.41) is 9.00. The van der Waals surface area contributed by atoms with E-state index in [9.17, 15) is 9.59 Å². The summed E-state index contributed by atoms with van der Waals surface area (Å²) < 4.78 is 0. The molecular formula is C14H16N4O2. The second kappa shape index (κ2) is 4.02. The maximum Gasteiger partial charge on any atom is 0.270 e. The predicted molar refractivity (Wildman–Crippen MR) is 72.1 cm³/mol. The van der Waals surface area contributed by atoms with Gasteiger partial charge in [0, 0.05) is 18.7 Å². The molecule has 0 bridgehead atoms. The fourth-order valence-corrected chi connectivity index (χ4v) is 3.51. The molecule has 2 amide bonds. The monoisotopic (exact) mass is 272 g/mol. The molecule has 0 unspecified atom stereocenters. The lowest BCUT2D eigenvalue weighted by atomic mass is 9.61. The Kier molecular flexibility index (Phi) is 2.38. The number of fused-ring (bicyclic) bond motifs is 2. The largest absolute Gasteiger partial charge is 0.347 e. The first kappa shape index (κ1) is 11.8. The number of nitrogens with zero attached hydrogens (tertiary/aromatic N) is 1. The van der Waals surface area contributed by atoms with Gasteiger partial charge >= 0.3 is 0 Å². The number of amides is 2. The number of rotatable bonds is 2. The minimum atomic E-state index is -0.229. The number of aromatic nitrogens is 1. The number of hydrogen-bond acceptors (Lipinski definition) is 4. The van der Waals surface area contributed by atoms with Crippen molar-refractivity contribution in [1.29, 1.82) is 0 Å². The van der Waals surface area contributed by atoms with Crippen molar-refractivity contribution >= 4 is 17.5 Å². The van der Waals surface area contributed by atoms with Gasteiger partial charge in [0.1, 0.15) is 5.69 Å². The van der Waals surface area contributed by atoms with Crippen molar-refractivity contribution < 1.29 is 9.59 Å². The Balaban J connectivity index is 1.55. The van der Waals surface area contributed by atoms with Gasteiger partial charge in [0.05, 0.1) is 17.3 Å². The van der Waals surface area contributed by atoms with Crippen molar-refractivity contribution in [2.45, 2.75) is 19.4 Å². The Morgan fingerprint density at radius 1 is 1.50 bits per heavy atom. The maximum absolute atomic E-state index is 12.5. The van der Waals surface area contributed by atoms with Crippen molar-refractivity contribution in [3.05, 3.63) is 23.5 Å². The molecule has 104 valence electrons. The number of carbonyl (C=O) groups excluding carboxylic acids is 2. The maximum atomic E-state index is 12.5. The van der Waals surface area contributed by atoms with Crippen LogP contribution in [0.1, 0.15) is 28.9 Å². The molecule has 3 heterocycles. The van der Waals surface area contributed by atoms with Crippen LogP contribution in [0.3, 0.4) is 0 Å². The topological polar surface area (TPSA) is 83.1 Å². The Bertz CT molecular complexity index is 615. The van der Waals surface area contributed by atoms with Crippen molar-refractivity contribution in [3.8, 4) is 0 Å². The number of anilines is 1. The first-order valence-electron chi connectivity index (χ1n) is 6.98. The van der Waals surface area contributed by atoms with Gasteiger partial charge in [0.15, 0.2) is 0 Å². The molecule has 0 aromatic carbocycles. The Morgan fingerprint density at radius 2 is 2.40 bits per heavy atom. The van der Waals surface area contributed by atoms with Crippen molar-refractivity contribution in [2.24, 2.45) is 11.3 Å². The second-order valence-electron chi connectivity index (χ2n) is 5.89. The van der Waals surface area contributed by atoms with Gasteiger partial charge in [-0.25, -0.2) is 4.98 Å². The highest BCUT2D eigenvalue weighted by Crippen LogP contribution is 2.49. The van der Waals surface area contributed by atoms with E-state index in [0.29, 0.717) is 23.8 Å². The number of nitrogens with one attached hydrogen (secondary N) is 3. The summed E-state index contributed by atoms with van der Waals surface area (Å²) in [5.41, 5.74) is 1.76. The van der Waals surface area contributed by atoms with E-state index in [1.165, 1.54) is 0 Å². The third-order valence-electron chi connectivity index (χ3n) is 4.88. The molecule has 20 heavy (non-hydrogen) atoms. The molecule has 1 aromatic rings. The molecule has 1 saturated heterocycles. The van der Waals surface area contributed by atoms with E-state index in [-0.39, 0.29) is 17.2 Å². The Hall–Kier alpha value is -1.95. The van der Waals surface area contributed by atoms with Crippen LogP contribution in [0.4, 0.5) is 5.69 Å². The summed E-state index contributed by atoms with van der Waals surface area (Å²) in [6.45, 7) is 2.19. The number of carbonyl (C=O) groups is 2. The van der Waals surface area contributed by atoms with Crippen LogP contribution in [-0.4, -0.2) is 29.9 Å². The van der Waals surface area contributed by atoms with E-state index in [0.717, 1.165) is 31.5 Å². The summed E-state index contributed by atoms with van der Waals surface area (Å²) >= 11 is 0. The Morgan fingerprint density at radius 3 is 3.15 bits per heavy atom. The molecule has 1 aliphatic carbocycles. The molecule has 4 rings (SSSR count). The standard InChI is InChI=1S/C14H16N4O2/c19-12-11-8(4-17-12)3-10(6-16-11)18-13(20)14-2-1-9(14)5-15-7-14/h3,6,9,15H,1-2,4-5,7H2,(H,17,19)(H,18,20)/t9-,14-/m0/s1. The quantitative estimate of drug-likeness (QED) is 0.721. The average Bonchev–Trinajstić information content (AvgIpc) is 2.92. The molecular weight excluding hydrogens is 256 g/mol. The molecule has 3 N–H and O–H groups in total. The van der Waals surface area contributed by atoms with Gasteiger partial charge in [-0.3, -0.25) is 9.59 Å². The third kappa shape index (κ3) is 1.51. The molecule has 2 atom stereocenters. The van der Waals surface area contributed by atoms with Gasteiger partial charge in [0.25, 0.3) is 5.91 Å². The fraction of sp³-hybridized carbons (Fsp3) is 0.500. The summed E-state index contributed by atoms with van der Waals surface area (Å²) in [6.07, 6.45) is 3.64. The molecule has 1 saturated carbocycles. The van der Waals surface area contributed by atoms with Crippen LogP contribution in [0, 0.1) is 11.3 Å². The highest BCUT2D eigenvalue weighted by atomic mass is 16.2. The van der Waals surface area contributed by atoms with Gasteiger partial charge in [-0.05, 0) is 31.4 Å². The van der Waals surface area contributed by atoms with E-state index in [1.54, 1.807) is 6.20 Å². The zero-order chi connectivity index (χ0) is 13.7. The average molecular weight is 272 g/mol. The zero-order valence-corrected chi connectivity index (χ0v) is 11.0. The molecule has 0 radical (unpaired) electrons. The lowest BCUT2D eigenvalue weighted by molar-refractivity contribution is -0.132. The first-order chi connectivity index (χ1) is 9.69. The minimum Gasteiger partial charge on any atom is -0.347 e. The van der Waals surface area contributed by atoms with Crippen LogP contribution in [0.25, 0.3) is 0 Å². The molecule has 2 fully saturated rings. The van der Waals surface area contributed by atoms with Crippen molar-refractivity contribution in [1.82, 2.24) is 15.6 Å². The molecule has 6 heteroatoms. The highest BCUT2D eigenvalue weighted by molar-refractivity contribution is 5.99. The molecule has 6 nitrogen and oxygen atoms in total. The van der Waals surface area contributed by atoms with Crippen LogP contribution < -0.4 is 16.0 Å². The first-order valence-corrected chi connectivity index (χ1v) is 6.98.